The van der Waals surface area contributed by atoms with E-state index in [1.807, 2.05) is 6.92 Å². The number of aryl methyl sites for hydroxylation is 2. The molecule has 0 N–H and O–H groups in total. The number of thiazole rings is 1. The lowest BCUT2D eigenvalue weighted by Crippen LogP contribution is -1.75. The Bertz CT molecular complexity index is 173. The first-order valence-corrected chi connectivity index (χ1v) is 3.62. The molecule has 0 aliphatic carbocycles. The average Bonchev–Trinajstić information content (AvgIpc) is 2.14. The molecule has 0 bridgehead atoms. The molecule has 47 valence electrons. The monoisotopic (exact) mass is 138 g/mol. The summed E-state index contributed by atoms with van der Waals surface area (Å²) in [6.07, 6.45) is 1.07. The second-order valence-corrected chi connectivity index (χ2v) is 2.68. The lowest BCUT2D eigenvalue weighted by molar-refractivity contribution is 1.07. The minimum absolute atomic E-state index is 0. The second-order valence-electron chi connectivity index (χ2n) is 1.74. The number of nitrogens with zero attached hydrogens (tertiary/aromatic N) is 1. The minimum atomic E-state index is 0. The van der Waals surface area contributed by atoms with Crippen LogP contribution in [0.3, 0.4) is 0 Å². The van der Waals surface area contributed by atoms with Gasteiger partial charge in [-0.25, -0.2) is 4.98 Å². The topological polar surface area (TPSA) is 12.9 Å². The molecule has 1 nitrogen and oxygen atoms in total. The summed E-state index contributed by atoms with van der Waals surface area (Å²) in [7, 11) is 0. The zero-order chi connectivity index (χ0) is 5.98. The molecule has 1 aromatic rings. The molecular weight excluding hydrogens is 129 g/mol. The van der Waals surface area contributed by atoms with Crippen LogP contribution >= 0.6 is 11.3 Å². The maximum absolute atomic E-state index is 4.25. The van der Waals surface area contributed by atoms with Crippen molar-refractivity contribution in [1.82, 2.24) is 4.98 Å². The van der Waals surface area contributed by atoms with Crippen molar-refractivity contribution in [2.75, 3.05) is 0 Å². The number of hydrogen-bond acceptors (Lipinski definition) is 2. The van der Waals surface area contributed by atoms with Gasteiger partial charge in [0.15, 0.2) is 0 Å². The summed E-state index contributed by atoms with van der Waals surface area (Å²) in [5.41, 5.74) is 1.15. The Morgan fingerprint density at radius 1 is 1.67 bits per heavy atom. The quantitative estimate of drug-likeness (QED) is 0.537. The molecule has 0 aromatic carbocycles. The van der Waals surface area contributed by atoms with E-state index in [-0.39, 0.29) is 8.41 Å². The molecule has 0 saturated heterocycles. The molecule has 0 saturated carbocycles. The highest BCUT2D eigenvalue weighted by Gasteiger charge is 1.91. The lowest BCUT2D eigenvalue weighted by atomic mass is 10.5. The highest BCUT2D eigenvalue weighted by molar-refractivity contribution is 7.09. The molecule has 0 aliphatic rings. The van der Waals surface area contributed by atoms with Crippen LogP contribution in [0.2, 0.25) is 0 Å². The van der Waals surface area contributed by atoms with E-state index < -0.39 is 0 Å². The maximum Gasteiger partial charge on any atom is 0.0925 e. The van der Waals surface area contributed by atoms with Gasteiger partial charge in [-0.2, -0.15) is 0 Å². The van der Waals surface area contributed by atoms with E-state index in [0.29, 0.717) is 0 Å². The SMILES string of the molecule is CCc1nc(C)cs1.[B]. The molecule has 1 aromatic heterocycles. The number of hydrogen-bond donors (Lipinski definition) is 0. The predicted octanol–water partition coefficient (Wildman–Crippen LogP) is 1.63. The number of aromatic nitrogens is 1. The standard InChI is InChI=1S/C6H9NS.B/c1-3-6-7-5(2)4-8-6;/h4H,3H2,1-2H3;. The van der Waals surface area contributed by atoms with Gasteiger partial charge in [-0.15, -0.1) is 11.3 Å². The first kappa shape index (κ1) is 8.69. The maximum atomic E-state index is 4.25. The minimum Gasteiger partial charge on any atom is -0.247 e. The molecular formula is C6H9BNS. The van der Waals surface area contributed by atoms with E-state index in [2.05, 4.69) is 17.3 Å². The fourth-order valence-electron chi connectivity index (χ4n) is 0.565. The van der Waals surface area contributed by atoms with Crippen molar-refractivity contribution < 1.29 is 0 Å². The van der Waals surface area contributed by atoms with Crippen LogP contribution in [0, 0.1) is 6.92 Å². The molecule has 0 amide bonds. The van der Waals surface area contributed by atoms with E-state index in [4.69, 9.17) is 0 Å². The summed E-state index contributed by atoms with van der Waals surface area (Å²) in [6, 6.07) is 0. The summed E-state index contributed by atoms with van der Waals surface area (Å²) >= 11 is 1.74. The van der Waals surface area contributed by atoms with Crippen molar-refractivity contribution in [3.05, 3.63) is 16.1 Å². The van der Waals surface area contributed by atoms with Crippen LogP contribution in [0.5, 0.6) is 0 Å². The molecule has 1 heterocycles. The first-order chi connectivity index (χ1) is 3.83. The van der Waals surface area contributed by atoms with E-state index in [1.54, 1.807) is 11.3 Å². The smallest absolute Gasteiger partial charge is 0.0925 e. The Hall–Kier alpha value is -0.305. The van der Waals surface area contributed by atoms with Crippen LogP contribution in [0.1, 0.15) is 17.6 Å². The normalized spacial score (nSPS) is 8.67. The predicted molar refractivity (Wildman–Crippen MR) is 42.0 cm³/mol. The van der Waals surface area contributed by atoms with Gasteiger partial charge < -0.3 is 0 Å². The molecule has 0 unspecified atom stereocenters. The molecule has 9 heavy (non-hydrogen) atoms. The van der Waals surface area contributed by atoms with E-state index in [9.17, 15) is 0 Å². The van der Waals surface area contributed by atoms with Gasteiger partial charge in [0.2, 0.25) is 0 Å². The van der Waals surface area contributed by atoms with E-state index in [0.717, 1.165) is 12.1 Å². The fraction of sp³-hybridized carbons (Fsp3) is 0.500. The summed E-state index contributed by atoms with van der Waals surface area (Å²) in [5, 5.41) is 3.32. The summed E-state index contributed by atoms with van der Waals surface area (Å²) in [6.45, 7) is 4.15. The van der Waals surface area contributed by atoms with Gasteiger partial charge in [0.05, 0.1) is 5.01 Å². The van der Waals surface area contributed by atoms with Gasteiger partial charge in [0, 0.05) is 19.5 Å². The fourth-order valence-corrected chi connectivity index (χ4v) is 1.29. The third kappa shape index (κ3) is 2.18. The Morgan fingerprint density at radius 2 is 2.33 bits per heavy atom. The van der Waals surface area contributed by atoms with E-state index in [1.165, 1.54) is 5.01 Å². The van der Waals surface area contributed by atoms with Gasteiger partial charge in [0.25, 0.3) is 0 Å². The Kier molecular flexibility index (Phi) is 3.55. The van der Waals surface area contributed by atoms with Gasteiger partial charge in [-0.1, -0.05) is 6.92 Å². The zero-order valence-corrected chi connectivity index (χ0v) is 6.53. The van der Waals surface area contributed by atoms with Crippen LogP contribution in [-0.2, 0) is 6.42 Å². The zero-order valence-electron chi connectivity index (χ0n) is 5.72. The molecule has 0 spiro atoms. The van der Waals surface area contributed by atoms with Crippen LogP contribution in [-0.4, -0.2) is 13.4 Å². The Morgan fingerprint density at radius 3 is 2.56 bits per heavy atom. The summed E-state index contributed by atoms with van der Waals surface area (Å²) in [4.78, 5) is 4.25. The molecule has 0 aliphatic heterocycles. The van der Waals surface area contributed by atoms with Crippen LogP contribution in [0.25, 0.3) is 0 Å². The van der Waals surface area contributed by atoms with Crippen LogP contribution < -0.4 is 0 Å². The highest BCUT2D eigenvalue weighted by atomic mass is 32.1. The molecule has 3 heteroatoms. The van der Waals surface area contributed by atoms with Crippen LogP contribution in [0.4, 0.5) is 0 Å². The van der Waals surface area contributed by atoms with E-state index >= 15 is 0 Å². The van der Waals surface area contributed by atoms with Crippen molar-refractivity contribution in [3.63, 3.8) is 0 Å². The van der Waals surface area contributed by atoms with Crippen molar-refractivity contribution in [3.8, 4) is 0 Å². The van der Waals surface area contributed by atoms with Crippen molar-refractivity contribution >= 4 is 19.7 Å². The molecule has 0 atom stereocenters. The first-order valence-electron chi connectivity index (χ1n) is 2.74. The second kappa shape index (κ2) is 3.67. The molecule has 1 rings (SSSR count). The lowest BCUT2D eigenvalue weighted by Gasteiger charge is -1.79. The van der Waals surface area contributed by atoms with Crippen molar-refractivity contribution in [2.24, 2.45) is 0 Å². The largest absolute Gasteiger partial charge is 0.247 e. The van der Waals surface area contributed by atoms with Gasteiger partial charge in [-0.05, 0) is 13.3 Å². The summed E-state index contributed by atoms with van der Waals surface area (Å²) < 4.78 is 0. The third-order valence-electron chi connectivity index (χ3n) is 0.969. The molecule has 0 fully saturated rings. The highest BCUT2D eigenvalue weighted by Crippen LogP contribution is 2.07. The molecule has 3 radical (unpaired) electrons. The number of rotatable bonds is 1. The van der Waals surface area contributed by atoms with Crippen molar-refractivity contribution in [2.45, 2.75) is 20.3 Å². The third-order valence-corrected chi connectivity index (χ3v) is 2.08. The van der Waals surface area contributed by atoms with Crippen molar-refractivity contribution in [1.29, 1.82) is 0 Å². The van der Waals surface area contributed by atoms with Crippen LogP contribution in [0.15, 0.2) is 5.38 Å². The van der Waals surface area contributed by atoms with Gasteiger partial charge in [-0.3, -0.25) is 0 Å². The summed E-state index contributed by atoms with van der Waals surface area (Å²) in [5.74, 6) is 0. The average molecular weight is 138 g/mol. The van der Waals surface area contributed by atoms with Gasteiger partial charge >= 0.3 is 0 Å². The Labute approximate surface area is 61.7 Å². The Balaban J connectivity index is 0.000000640. The van der Waals surface area contributed by atoms with Gasteiger partial charge in [0.1, 0.15) is 0 Å².